The number of ether oxygens (including phenoxy) is 1. The molecule has 0 heterocycles. The van der Waals surface area contributed by atoms with Crippen molar-refractivity contribution in [2.45, 2.75) is 12.8 Å². The van der Waals surface area contributed by atoms with Crippen LogP contribution in [0.2, 0.25) is 0 Å². The standard InChI is InChI=1S/C11H9F2NO2/c1-6(15)8(5-14)11-9(12)3-7(16-2)4-10(11)13/h3-4,8H,1-2H3. The van der Waals surface area contributed by atoms with Crippen molar-refractivity contribution in [3.63, 3.8) is 0 Å². The number of nitrogens with zero attached hydrogens (tertiary/aromatic N) is 1. The first-order valence-corrected chi connectivity index (χ1v) is 4.44. The first kappa shape index (κ1) is 12.1. The summed E-state index contributed by atoms with van der Waals surface area (Å²) in [5.74, 6) is -3.95. The van der Waals surface area contributed by atoms with Crippen molar-refractivity contribution in [2.75, 3.05) is 7.11 Å². The summed E-state index contributed by atoms with van der Waals surface area (Å²) in [6, 6.07) is 3.44. The maximum absolute atomic E-state index is 13.5. The molecule has 0 aliphatic rings. The summed E-state index contributed by atoms with van der Waals surface area (Å²) in [6.07, 6.45) is 0. The Morgan fingerprint density at radius 1 is 1.44 bits per heavy atom. The summed E-state index contributed by atoms with van der Waals surface area (Å²) in [5.41, 5.74) is -0.532. The molecule has 0 saturated carbocycles. The second-order valence-corrected chi connectivity index (χ2v) is 3.18. The number of ketones is 1. The predicted octanol–water partition coefficient (Wildman–Crippen LogP) is 2.17. The Hall–Kier alpha value is -1.96. The number of halogens is 2. The summed E-state index contributed by atoms with van der Waals surface area (Å²) in [4.78, 5) is 11.0. The number of benzene rings is 1. The third-order valence-corrected chi connectivity index (χ3v) is 2.11. The summed E-state index contributed by atoms with van der Waals surface area (Å²) in [5, 5.41) is 8.69. The molecule has 0 spiro atoms. The van der Waals surface area contributed by atoms with E-state index in [0.717, 1.165) is 19.1 Å². The Kier molecular flexibility index (Phi) is 3.56. The molecule has 1 atom stereocenters. The number of carbonyl (C=O) groups excluding carboxylic acids is 1. The molecule has 1 unspecified atom stereocenters. The molecule has 1 aromatic carbocycles. The van der Waals surface area contributed by atoms with Gasteiger partial charge in [0.25, 0.3) is 0 Å². The highest BCUT2D eigenvalue weighted by atomic mass is 19.1. The van der Waals surface area contributed by atoms with Crippen molar-refractivity contribution < 1.29 is 18.3 Å². The smallest absolute Gasteiger partial charge is 0.151 e. The lowest BCUT2D eigenvalue weighted by atomic mass is 9.96. The van der Waals surface area contributed by atoms with E-state index < -0.39 is 28.9 Å². The van der Waals surface area contributed by atoms with Crippen molar-refractivity contribution in [1.29, 1.82) is 5.26 Å². The minimum Gasteiger partial charge on any atom is -0.497 e. The molecule has 0 aliphatic carbocycles. The van der Waals surface area contributed by atoms with Crippen LogP contribution in [0.1, 0.15) is 18.4 Å². The highest BCUT2D eigenvalue weighted by Gasteiger charge is 2.24. The van der Waals surface area contributed by atoms with Crippen LogP contribution >= 0.6 is 0 Å². The number of nitriles is 1. The van der Waals surface area contributed by atoms with Crippen molar-refractivity contribution in [1.82, 2.24) is 0 Å². The van der Waals surface area contributed by atoms with Gasteiger partial charge in [-0.25, -0.2) is 8.78 Å². The zero-order valence-corrected chi connectivity index (χ0v) is 8.75. The van der Waals surface area contributed by atoms with Gasteiger partial charge < -0.3 is 4.74 Å². The Morgan fingerprint density at radius 3 is 2.25 bits per heavy atom. The average Bonchev–Trinajstić information content (AvgIpc) is 2.22. The molecule has 0 amide bonds. The molecule has 3 nitrogen and oxygen atoms in total. The summed E-state index contributed by atoms with van der Waals surface area (Å²) < 4.78 is 31.6. The van der Waals surface area contributed by atoms with Crippen LogP contribution in [0.4, 0.5) is 8.78 Å². The summed E-state index contributed by atoms with van der Waals surface area (Å²) >= 11 is 0. The average molecular weight is 225 g/mol. The molecule has 0 bridgehead atoms. The molecule has 0 saturated heterocycles. The summed E-state index contributed by atoms with van der Waals surface area (Å²) in [7, 11) is 1.26. The first-order valence-electron chi connectivity index (χ1n) is 4.44. The Bertz CT molecular complexity index is 443. The van der Waals surface area contributed by atoms with Gasteiger partial charge in [0.1, 0.15) is 23.3 Å². The molecule has 0 aliphatic heterocycles. The molecule has 0 fully saturated rings. The van der Waals surface area contributed by atoms with Gasteiger partial charge in [0.2, 0.25) is 0 Å². The normalized spacial score (nSPS) is 11.7. The SMILES string of the molecule is COc1cc(F)c(C(C#N)C(C)=O)c(F)c1. The lowest BCUT2D eigenvalue weighted by Gasteiger charge is -2.10. The number of rotatable bonds is 3. The Labute approximate surface area is 91.3 Å². The lowest BCUT2D eigenvalue weighted by molar-refractivity contribution is -0.117. The Morgan fingerprint density at radius 2 is 1.94 bits per heavy atom. The molecule has 1 rings (SSSR count). The van der Waals surface area contributed by atoms with Crippen molar-refractivity contribution in [3.05, 3.63) is 29.3 Å². The number of hydrogen-bond acceptors (Lipinski definition) is 3. The largest absolute Gasteiger partial charge is 0.497 e. The third kappa shape index (κ3) is 2.16. The van der Waals surface area contributed by atoms with Crippen molar-refractivity contribution >= 4 is 5.78 Å². The van der Waals surface area contributed by atoms with Gasteiger partial charge in [0.05, 0.1) is 13.2 Å². The first-order chi connectivity index (χ1) is 7.51. The van der Waals surface area contributed by atoms with Gasteiger partial charge in [0, 0.05) is 17.7 Å². The van der Waals surface area contributed by atoms with Gasteiger partial charge >= 0.3 is 0 Å². The third-order valence-electron chi connectivity index (χ3n) is 2.11. The molecule has 0 N–H and O–H groups in total. The molecule has 0 aromatic heterocycles. The second kappa shape index (κ2) is 4.71. The number of Topliss-reactive ketones (excluding diaryl/α,β-unsaturated/α-hetero) is 1. The molecular formula is C11H9F2NO2. The molecule has 84 valence electrons. The number of methoxy groups -OCH3 is 1. The van der Waals surface area contributed by atoms with E-state index in [0.29, 0.717) is 0 Å². The Balaban J connectivity index is 3.35. The van der Waals surface area contributed by atoms with Crippen LogP contribution in [-0.2, 0) is 4.79 Å². The van der Waals surface area contributed by atoms with Gasteiger partial charge in [0.15, 0.2) is 5.78 Å². The molecule has 5 heteroatoms. The second-order valence-electron chi connectivity index (χ2n) is 3.18. The van der Waals surface area contributed by atoms with Gasteiger partial charge in [-0.05, 0) is 6.92 Å². The number of hydrogen-bond donors (Lipinski definition) is 0. The maximum atomic E-state index is 13.5. The van der Waals surface area contributed by atoms with Gasteiger partial charge in [-0.1, -0.05) is 0 Å². The van der Waals surface area contributed by atoms with Crippen molar-refractivity contribution in [3.8, 4) is 11.8 Å². The fraction of sp³-hybridized carbons (Fsp3) is 0.273. The van der Waals surface area contributed by atoms with E-state index in [1.165, 1.54) is 7.11 Å². The van der Waals surface area contributed by atoms with E-state index in [9.17, 15) is 13.6 Å². The fourth-order valence-electron chi connectivity index (χ4n) is 1.31. The fourth-order valence-corrected chi connectivity index (χ4v) is 1.31. The molecule has 16 heavy (non-hydrogen) atoms. The van der Waals surface area contributed by atoms with Gasteiger partial charge in [-0.2, -0.15) is 5.26 Å². The molecular weight excluding hydrogens is 216 g/mol. The zero-order chi connectivity index (χ0) is 12.3. The van der Waals surface area contributed by atoms with Crippen LogP contribution in [0.25, 0.3) is 0 Å². The minimum atomic E-state index is -1.43. The van der Waals surface area contributed by atoms with E-state index in [1.807, 2.05) is 0 Å². The van der Waals surface area contributed by atoms with Crippen LogP contribution in [0.3, 0.4) is 0 Å². The quantitative estimate of drug-likeness (QED) is 0.792. The van der Waals surface area contributed by atoms with E-state index in [1.54, 1.807) is 6.07 Å². The number of carbonyl (C=O) groups is 1. The van der Waals surface area contributed by atoms with E-state index in [-0.39, 0.29) is 5.75 Å². The zero-order valence-electron chi connectivity index (χ0n) is 8.75. The highest BCUT2D eigenvalue weighted by Crippen LogP contribution is 2.27. The minimum absolute atomic E-state index is 0.000933. The lowest BCUT2D eigenvalue weighted by Crippen LogP contribution is -2.11. The van der Waals surface area contributed by atoms with Crippen molar-refractivity contribution in [2.24, 2.45) is 0 Å². The highest BCUT2D eigenvalue weighted by molar-refractivity contribution is 5.86. The topological polar surface area (TPSA) is 50.1 Å². The predicted molar refractivity (Wildman–Crippen MR) is 51.9 cm³/mol. The van der Waals surface area contributed by atoms with E-state index in [4.69, 9.17) is 5.26 Å². The molecule has 1 aromatic rings. The van der Waals surface area contributed by atoms with Crippen LogP contribution < -0.4 is 4.74 Å². The monoisotopic (exact) mass is 225 g/mol. The van der Waals surface area contributed by atoms with Crippen LogP contribution in [-0.4, -0.2) is 12.9 Å². The van der Waals surface area contributed by atoms with Gasteiger partial charge in [-0.3, -0.25) is 4.79 Å². The maximum Gasteiger partial charge on any atom is 0.151 e. The van der Waals surface area contributed by atoms with Gasteiger partial charge in [-0.15, -0.1) is 0 Å². The van der Waals surface area contributed by atoms with E-state index >= 15 is 0 Å². The summed E-state index contributed by atoms with van der Waals surface area (Å²) in [6.45, 7) is 1.11. The molecule has 0 radical (unpaired) electrons. The van der Waals surface area contributed by atoms with E-state index in [2.05, 4.69) is 4.74 Å². The van der Waals surface area contributed by atoms with Crippen LogP contribution in [0.15, 0.2) is 12.1 Å². The van der Waals surface area contributed by atoms with Crippen LogP contribution in [0.5, 0.6) is 5.75 Å². The van der Waals surface area contributed by atoms with Crippen LogP contribution in [0, 0.1) is 23.0 Å².